The molecule has 19 heavy (non-hydrogen) atoms. The third-order valence-corrected chi connectivity index (χ3v) is 3.65. The molecule has 0 saturated carbocycles. The molecule has 1 saturated heterocycles. The highest BCUT2D eigenvalue weighted by atomic mass is 16.6. The molecule has 1 aliphatic heterocycles. The first kappa shape index (κ1) is 13.3. The van der Waals surface area contributed by atoms with Gasteiger partial charge in [0.2, 0.25) is 5.82 Å². The van der Waals surface area contributed by atoms with Gasteiger partial charge in [0, 0.05) is 18.3 Å². The largest absolute Gasteiger partial charge is 0.480 e. The van der Waals surface area contributed by atoms with Crippen molar-refractivity contribution in [2.24, 2.45) is 0 Å². The number of nitro groups is 1. The fourth-order valence-electron chi connectivity index (χ4n) is 2.48. The molecule has 0 amide bonds. The van der Waals surface area contributed by atoms with Gasteiger partial charge in [-0.15, -0.1) is 0 Å². The number of anilines is 1. The number of aliphatic carboxylic acids is 1. The Morgan fingerprint density at radius 1 is 1.63 bits per heavy atom. The summed E-state index contributed by atoms with van der Waals surface area (Å²) < 4.78 is 0. The van der Waals surface area contributed by atoms with Crippen LogP contribution in [0.1, 0.15) is 25.3 Å². The number of hydrogen-bond acceptors (Lipinski definition) is 5. The Morgan fingerprint density at radius 3 is 2.89 bits per heavy atom. The van der Waals surface area contributed by atoms with Crippen LogP contribution in [0.5, 0.6) is 0 Å². The van der Waals surface area contributed by atoms with E-state index in [0.29, 0.717) is 24.9 Å². The Morgan fingerprint density at radius 2 is 2.32 bits per heavy atom. The smallest absolute Gasteiger partial charge is 0.329 e. The maximum absolute atomic E-state index is 11.4. The van der Waals surface area contributed by atoms with Gasteiger partial charge in [0.05, 0.1) is 4.92 Å². The van der Waals surface area contributed by atoms with Crippen LogP contribution in [0.15, 0.2) is 12.3 Å². The fourth-order valence-corrected chi connectivity index (χ4v) is 2.48. The minimum atomic E-state index is -1.13. The molecule has 0 aliphatic carbocycles. The van der Waals surface area contributed by atoms with E-state index in [9.17, 15) is 20.0 Å². The van der Waals surface area contributed by atoms with Crippen molar-refractivity contribution < 1.29 is 14.8 Å². The molecule has 0 bridgehead atoms. The van der Waals surface area contributed by atoms with E-state index >= 15 is 0 Å². The van der Waals surface area contributed by atoms with Crippen LogP contribution >= 0.6 is 0 Å². The summed E-state index contributed by atoms with van der Waals surface area (Å²) in [7, 11) is 0. The number of carboxylic acid groups (broad SMARTS) is 1. The van der Waals surface area contributed by atoms with Crippen molar-refractivity contribution in [3.05, 3.63) is 27.9 Å². The van der Waals surface area contributed by atoms with Crippen LogP contribution in [0.3, 0.4) is 0 Å². The zero-order valence-corrected chi connectivity index (χ0v) is 10.8. The van der Waals surface area contributed by atoms with Gasteiger partial charge in [-0.25, -0.2) is 9.78 Å². The van der Waals surface area contributed by atoms with E-state index in [2.05, 4.69) is 4.98 Å². The van der Waals surface area contributed by atoms with Crippen molar-refractivity contribution in [2.45, 2.75) is 32.2 Å². The Kier molecular flexibility index (Phi) is 3.13. The summed E-state index contributed by atoms with van der Waals surface area (Å²) in [4.78, 5) is 27.7. The predicted octanol–water partition coefficient (Wildman–Crippen LogP) is 1.74. The van der Waals surface area contributed by atoms with Gasteiger partial charge in [0.1, 0.15) is 5.54 Å². The van der Waals surface area contributed by atoms with Crippen molar-refractivity contribution in [2.75, 3.05) is 11.4 Å². The van der Waals surface area contributed by atoms with Gasteiger partial charge < -0.3 is 10.0 Å². The van der Waals surface area contributed by atoms with Gasteiger partial charge >= 0.3 is 11.7 Å². The van der Waals surface area contributed by atoms with Gasteiger partial charge in [-0.2, -0.15) is 0 Å². The summed E-state index contributed by atoms with van der Waals surface area (Å²) in [5.74, 6) is -0.838. The van der Waals surface area contributed by atoms with Crippen LogP contribution in [0.25, 0.3) is 0 Å². The maximum atomic E-state index is 11.4. The third kappa shape index (κ3) is 2.00. The molecule has 7 nitrogen and oxygen atoms in total. The molecule has 1 aliphatic rings. The molecule has 7 heteroatoms. The lowest BCUT2D eigenvalue weighted by molar-refractivity contribution is -0.384. The molecular formula is C12H15N3O4. The maximum Gasteiger partial charge on any atom is 0.329 e. The lowest BCUT2D eigenvalue weighted by Crippen LogP contribution is -2.48. The summed E-state index contributed by atoms with van der Waals surface area (Å²) in [6.07, 6.45) is 2.60. The van der Waals surface area contributed by atoms with E-state index in [4.69, 9.17) is 0 Å². The monoisotopic (exact) mass is 265 g/mol. The Balaban J connectivity index is 2.56. The number of aryl methyl sites for hydroxylation is 1. The highest BCUT2D eigenvalue weighted by molar-refractivity contribution is 5.84. The average molecular weight is 265 g/mol. The van der Waals surface area contributed by atoms with E-state index in [1.54, 1.807) is 19.9 Å². The minimum absolute atomic E-state index is 0.114. The Hall–Kier alpha value is -2.18. The molecule has 1 fully saturated rings. The van der Waals surface area contributed by atoms with Crippen LogP contribution in [0, 0.1) is 17.0 Å². The molecule has 1 N–H and O–H groups in total. The third-order valence-electron chi connectivity index (χ3n) is 3.65. The second-order valence-electron chi connectivity index (χ2n) is 4.89. The Labute approximate surface area is 110 Å². The van der Waals surface area contributed by atoms with E-state index in [0.717, 1.165) is 0 Å². The first-order chi connectivity index (χ1) is 8.88. The molecule has 2 heterocycles. The van der Waals surface area contributed by atoms with Crippen molar-refractivity contribution in [1.29, 1.82) is 0 Å². The van der Waals surface area contributed by atoms with Crippen molar-refractivity contribution in [3.8, 4) is 0 Å². The predicted molar refractivity (Wildman–Crippen MR) is 68.2 cm³/mol. The summed E-state index contributed by atoms with van der Waals surface area (Å²) >= 11 is 0. The highest BCUT2D eigenvalue weighted by Gasteiger charge is 2.46. The Bertz CT molecular complexity index is 546. The van der Waals surface area contributed by atoms with Gasteiger partial charge in [0.25, 0.3) is 0 Å². The highest BCUT2D eigenvalue weighted by Crippen LogP contribution is 2.38. The van der Waals surface area contributed by atoms with Gasteiger partial charge in [0.15, 0.2) is 0 Å². The van der Waals surface area contributed by atoms with E-state index < -0.39 is 16.4 Å². The number of pyridine rings is 1. The van der Waals surface area contributed by atoms with E-state index in [1.165, 1.54) is 11.1 Å². The molecule has 102 valence electrons. The van der Waals surface area contributed by atoms with Crippen LogP contribution in [0.2, 0.25) is 0 Å². The van der Waals surface area contributed by atoms with Gasteiger partial charge in [-0.3, -0.25) is 10.1 Å². The van der Waals surface area contributed by atoms with Crippen LogP contribution in [-0.2, 0) is 4.79 Å². The molecule has 1 atom stereocenters. The lowest BCUT2D eigenvalue weighted by atomic mass is 9.99. The summed E-state index contributed by atoms with van der Waals surface area (Å²) in [6, 6.07) is 1.55. The zero-order chi connectivity index (χ0) is 14.2. The van der Waals surface area contributed by atoms with Crippen LogP contribution in [-0.4, -0.2) is 33.1 Å². The molecule has 0 spiro atoms. The number of hydrogen-bond donors (Lipinski definition) is 1. The van der Waals surface area contributed by atoms with Crippen LogP contribution in [0.4, 0.5) is 11.5 Å². The average Bonchev–Trinajstić information content (AvgIpc) is 2.71. The van der Waals surface area contributed by atoms with Gasteiger partial charge in [-0.1, -0.05) is 0 Å². The fraction of sp³-hybridized carbons (Fsp3) is 0.500. The quantitative estimate of drug-likeness (QED) is 0.660. The summed E-state index contributed by atoms with van der Waals surface area (Å²) in [5.41, 5.74) is -0.766. The SMILES string of the molecule is Cc1ccnc(N2CCCC2(C)C(=O)O)c1[N+](=O)[O-]. The van der Waals surface area contributed by atoms with Gasteiger partial charge in [-0.05, 0) is 32.8 Å². The zero-order valence-electron chi connectivity index (χ0n) is 10.8. The lowest BCUT2D eigenvalue weighted by Gasteiger charge is -2.31. The number of carbonyl (C=O) groups is 1. The molecule has 0 radical (unpaired) electrons. The van der Waals surface area contributed by atoms with Crippen molar-refractivity contribution in [1.82, 2.24) is 4.98 Å². The van der Waals surface area contributed by atoms with Crippen molar-refractivity contribution >= 4 is 17.5 Å². The number of rotatable bonds is 3. The first-order valence-electron chi connectivity index (χ1n) is 5.99. The second-order valence-corrected chi connectivity index (χ2v) is 4.89. The van der Waals surface area contributed by atoms with E-state index in [-0.39, 0.29) is 11.5 Å². The number of nitrogens with zero attached hydrogens (tertiary/aromatic N) is 3. The van der Waals surface area contributed by atoms with Crippen molar-refractivity contribution in [3.63, 3.8) is 0 Å². The number of carboxylic acids is 1. The summed E-state index contributed by atoms with van der Waals surface area (Å²) in [5, 5.41) is 20.5. The normalized spacial score (nSPS) is 22.5. The minimum Gasteiger partial charge on any atom is -0.480 e. The summed E-state index contributed by atoms with van der Waals surface area (Å²) in [6.45, 7) is 3.66. The van der Waals surface area contributed by atoms with Crippen LogP contribution < -0.4 is 4.90 Å². The second kappa shape index (κ2) is 4.49. The number of aromatic nitrogens is 1. The topological polar surface area (TPSA) is 96.6 Å². The van der Waals surface area contributed by atoms with E-state index in [1.807, 2.05) is 0 Å². The molecule has 0 aromatic carbocycles. The molecule has 1 unspecified atom stereocenters. The first-order valence-corrected chi connectivity index (χ1v) is 5.99. The molecular weight excluding hydrogens is 250 g/mol. The molecule has 2 rings (SSSR count). The molecule has 1 aromatic rings. The standard InChI is InChI=1S/C12H15N3O4/c1-8-4-6-13-10(9(8)15(18)19)14-7-3-5-12(14,2)11(16)17/h4,6H,3,5,7H2,1-2H3,(H,16,17). The molecule has 1 aromatic heterocycles.